The highest BCUT2D eigenvalue weighted by Gasteiger charge is 2.15. The van der Waals surface area contributed by atoms with Crippen molar-refractivity contribution in [1.82, 2.24) is 4.57 Å². The number of ether oxygens (including phenoxy) is 1. The maximum Gasteiger partial charge on any atom is 0.326 e. The van der Waals surface area contributed by atoms with Crippen LogP contribution in [0.3, 0.4) is 0 Å². The van der Waals surface area contributed by atoms with Gasteiger partial charge in [-0.3, -0.25) is 9.59 Å². The van der Waals surface area contributed by atoms with E-state index in [1.54, 1.807) is 13.0 Å². The Kier molecular flexibility index (Phi) is 6.60. The van der Waals surface area contributed by atoms with Crippen LogP contribution in [-0.2, 0) is 30.9 Å². The number of aromatic nitrogens is 1. The van der Waals surface area contributed by atoms with Crippen LogP contribution in [0.15, 0.2) is 64.5 Å². The van der Waals surface area contributed by atoms with Crippen molar-refractivity contribution in [3.8, 4) is 0 Å². The van der Waals surface area contributed by atoms with Crippen molar-refractivity contribution in [2.75, 3.05) is 6.61 Å². The maximum absolute atomic E-state index is 12.4. The Morgan fingerprint density at radius 1 is 1.20 bits per heavy atom. The molecule has 0 saturated carbocycles. The summed E-state index contributed by atoms with van der Waals surface area (Å²) in [4.78, 5) is 28.7. The summed E-state index contributed by atoms with van der Waals surface area (Å²) in [5.41, 5.74) is 1.38. The zero-order valence-corrected chi connectivity index (χ0v) is 17.7. The van der Waals surface area contributed by atoms with Crippen LogP contribution in [0.1, 0.15) is 12.5 Å². The maximum atomic E-state index is 12.4. The largest absolute Gasteiger partial charge is 0.465 e. The van der Waals surface area contributed by atoms with Gasteiger partial charge in [-0.25, -0.2) is 13.6 Å². The summed E-state index contributed by atoms with van der Waals surface area (Å²) in [6.45, 7) is 1.73. The van der Waals surface area contributed by atoms with Crippen LogP contribution in [0.25, 0.3) is 16.3 Å². The van der Waals surface area contributed by atoms with E-state index in [-0.39, 0.29) is 22.8 Å². The highest BCUT2D eigenvalue weighted by molar-refractivity contribution is 7.89. The third-order valence-electron chi connectivity index (χ3n) is 4.00. The Hall–Kier alpha value is -3.08. The molecule has 3 rings (SSSR count). The average Bonchev–Trinajstić information content (AvgIpc) is 3.03. The second-order valence-electron chi connectivity index (χ2n) is 6.14. The predicted molar refractivity (Wildman–Crippen MR) is 114 cm³/mol. The van der Waals surface area contributed by atoms with Crippen molar-refractivity contribution in [3.05, 3.63) is 65.0 Å². The van der Waals surface area contributed by atoms with Crippen LogP contribution < -0.4 is 9.94 Å². The number of nitrogens with two attached hydrogens (primary N) is 1. The number of hydrogen-bond donors (Lipinski definition) is 1. The third-order valence-corrected chi connectivity index (χ3v) is 5.95. The number of nitrogens with zero attached hydrogens (tertiary/aromatic N) is 2. The van der Waals surface area contributed by atoms with E-state index >= 15 is 0 Å². The zero-order valence-electron chi connectivity index (χ0n) is 16.0. The number of fused-ring (bicyclic) bond motifs is 1. The van der Waals surface area contributed by atoms with E-state index in [0.717, 1.165) is 16.9 Å². The number of rotatable bonds is 6. The highest BCUT2D eigenvalue weighted by Crippen LogP contribution is 2.21. The molecule has 0 bridgehead atoms. The van der Waals surface area contributed by atoms with E-state index in [1.165, 1.54) is 28.8 Å². The van der Waals surface area contributed by atoms with Gasteiger partial charge in [0.2, 0.25) is 10.0 Å². The van der Waals surface area contributed by atoms with E-state index in [4.69, 9.17) is 9.88 Å². The molecular formula is C20H19N3O5S2. The molecule has 0 aliphatic carbocycles. The second kappa shape index (κ2) is 9.16. The lowest BCUT2D eigenvalue weighted by Gasteiger charge is -2.05. The average molecular weight is 446 g/mol. The molecule has 2 aromatic carbocycles. The molecule has 0 aliphatic heterocycles. The molecule has 10 heteroatoms. The summed E-state index contributed by atoms with van der Waals surface area (Å²) in [6.07, 6.45) is 2.96. The monoisotopic (exact) mass is 445 g/mol. The molecular weight excluding hydrogens is 426 g/mol. The number of benzene rings is 2. The number of primary sulfonamides is 1. The van der Waals surface area contributed by atoms with Crippen molar-refractivity contribution < 1.29 is 22.7 Å². The molecule has 0 spiro atoms. The van der Waals surface area contributed by atoms with E-state index in [1.807, 2.05) is 30.3 Å². The summed E-state index contributed by atoms with van der Waals surface area (Å²) in [7, 11) is -3.89. The second-order valence-corrected chi connectivity index (χ2v) is 8.71. The molecule has 1 aromatic heterocycles. The Bertz CT molecular complexity index is 1290. The van der Waals surface area contributed by atoms with Crippen LogP contribution >= 0.6 is 11.3 Å². The normalized spacial score (nSPS) is 12.5. The Labute approximate surface area is 177 Å². The molecule has 1 amide bonds. The first-order valence-electron chi connectivity index (χ1n) is 8.91. The Balaban J connectivity index is 2.06. The van der Waals surface area contributed by atoms with Gasteiger partial charge in [0.1, 0.15) is 6.54 Å². The number of esters is 1. The minimum absolute atomic E-state index is 0.0682. The number of thiazole rings is 1. The van der Waals surface area contributed by atoms with E-state index < -0.39 is 21.9 Å². The molecule has 3 aromatic rings. The van der Waals surface area contributed by atoms with Gasteiger partial charge in [0.15, 0.2) is 4.80 Å². The van der Waals surface area contributed by atoms with Crippen molar-refractivity contribution in [1.29, 1.82) is 0 Å². The lowest BCUT2D eigenvalue weighted by atomic mass is 10.2. The van der Waals surface area contributed by atoms with Gasteiger partial charge in [-0.05, 0) is 36.8 Å². The molecule has 0 aliphatic rings. The molecule has 156 valence electrons. The number of carbonyl (C=O) groups excluding carboxylic acids is 2. The van der Waals surface area contributed by atoms with Crippen LogP contribution in [0.4, 0.5) is 0 Å². The Morgan fingerprint density at radius 3 is 2.60 bits per heavy atom. The fraction of sp³-hybridized carbons (Fsp3) is 0.150. The number of hydrogen-bond acceptors (Lipinski definition) is 6. The van der Waals surface area contributed by atoms with Gasteiger partial charge < -0.3 is 9.30 Å². The first-order chi connectivity index (χ1) is 14.3. The third kappa shape index (κ3) is 5.29. The number of carbonyl (C=O) groups is 2. The molecule has 1 heterocycles. The van der Waals surface area contributed by atoms with Crippen molar-refractivity contribution in [2.24, 2.45) is 10.1 Å². The standard InChI is InChI=1S/C20H19N3O5S2/c1-2-28-19(25)13-23-16-10-9-15(30(21,26)27)12-17(16)29-20(23)22-18(24)11-8-14-6-4-3-5-7-14/h3-12H,2,13H2,1H3,(H2,21,26,27). The first kappa shape index (κ1) is 21.6. The minimum atomic E-state index is -3.89. The smallest absolute Gasteiger partial charge is 0.326 e. The molecule has 2 N–H and O–H groups in total. The van der Waals surface area contributed by atoms with Gasteiger partial charge in [0.25, 0.3) is 5.91 Å². The van der Waals surface area contributed by atoms with Gasteiger partial charge in [-0.2, -0.15) is 4.99 Å². The number of sulfonamides is 1. The first-order valence-corrected chi connectivity index (χ1v) is 11.3. The van der Waals surface area contributed by atoms with E-state index in [2.05, 4.69) is 4.99 Å². The predicted octanol–water partition coefficient (Wildman–Crippen LogP) is 2.05. The van der Waals surface area contributed by atoms with Gasteiger partial charge in [-0.1, -0.05) is 41.7 Å². The summed E-state index contributed by atoms with van der Waals surface area (Å²) in [5.74, 6) is -1.02. The van der Waals surface area contributed by atoms with E-state index in [0.29, 0.717) is 10.2 Å². The highest BCUT2D eigenvalue weighted by atomic mass is 32.2. The molecule has 0 atom stereocenters. The fourth-order valence-corrected chi connectivity index (χ4v) is 4.36. The molecule has 8 nitrogen and oxygen atoms in total. The van der Waals surface area contributed by atoms with Gasteiger partial charge >= 0.3 is 5.97 Å². The fourth-order valence-electron chi connectivity index (χ4n) is 2.67. The van der Waals surface area contributed by atoms with Crippen LogP contribution in [-0.4, -0.2) is 31.5 Å². The summed E-state index contributed by atoms with van der Waals surface area (Å²) < 4.78 is 30.3. The Morgan fingerprint density at radius 2 is 1.93 bits per heavy atom. The van der Waals surface area contributed by atoms with Crippen molar-refractivity contribution in [3.63, 3.8) is 0 Å². The summed E-state index contributed by atoms with van der Waals surface area (Å²) >= 11 is 1.08. The van der Waals surface area contributed by atoms with Gasteiger partial charge in [0, 0.05) is 6.08 Å². The zero-order chi connectivity index (χ0) is 21.7. The quantitative estimate of drug-likeness (QED) is 0.460. The number of amides is 1. The van der Waals surface area contributed by atoms with Crippen LogP contribution in [0.2, 0.25) is 0 Å². The van der Waals surface area contributed by atoms with Crippen molar-refractivity contribution >= 4 is 49.5 Å². The summed E-state index contributed by atoms with van der Waals surface area (Å²) in [6, 6.07) is 13.5. The topological polar surface area (TPSA) is 121 Å². The molecule has 0 unspecified atom stereocenters. The van der Waals surface area contributed by atoms with Crippen LogP contribution in [0, 0.1) is 0 Å². The molecule has 0 fully saturated rings. The van der Waals surface area contributed by atoms with Gasteiger partial charge in [-0.15, -0.1) is 0 Å². The minimum Gasteiger partial charge on any atom is -0.465 e. The SMILES string of the molecule is CCOC(=O)Cn1c(=NC(=O)C=Cc2ccccc2)sc2cc(S(N)(=O)=O)ccc21. The lowest BCUT2D eigenvalue weighted by Crippen LogP contribution is -2.22. The van der Waals surface area contributed by atoms with E-state index in [9.17, 15) is 18.0 Å². The summed E-state index contributed by atoms with van der Waals surface area (Å²) in [5, 5.41) is 5.20. The van der Waals surface area contributed by atoms with Crippen molar-refractivity contribution in [2.45, 2.75) is 18.4 Å². The molecule has 0 radical (unpaired) electrons. The molecule has 0 saturated heterocycles. The van der Waals surface area contributed by atoms with Crippen LogP contribution in [0.5, 0.6) is 0 Å². The van der Waals surface area contributed by atoms with Gasteiger partial charge in [0.05, 0.1) is 21.7 Å². The lowest BCUT2D eigenvalue weighted by molar-refractivity contribution is -0.143. The molecule has 30 heavy (non-hydrogen) atoms.